The molecule has 0 saturated carbocycles. The molecule has 0 aromatic carbocycles. The molecule has 0 aliphatic heterocycles. The standard InChI is InChI=1S/C50H95N3O2/c1-4-7-10-13-16-17-18-19-20-21-22-23-24-29-34-37-43-52(47-42-51)44-38-35-30-25-26-31-36-41-50(54)55-49-48-53(45-39-32-27-14-11-8-5-2)46-40-33-28-15-12-9-6-3/h16-17,19-20,27-28,32-33H,4-15,18,21-26,29-31,34-49,51H2,1-3H3/b17-16-,20-19-,32-27-,33-28-. The van der Waals surface area contributed by atoms with Gasteiger partial charge in [0.15, 0.2) is 0 Å². The number of rotatable bonds is 44. The molecule has 0 bridgehead atoms. The van der Waals surface area contributed by atoms with Crippen LogP contribution in [0.1, 0.15) is 213 Å². The Labute approximate surface area is 344 Å². The summed E-state index contributed by atoms with van der Waals surface area (Å²) in [5.74, 6) is -0.0219. The number of nitrogens with two attached hydrogens (primary N) is 1. The Morgan fingerprint density at radius 1 is 0.418 bits per heavy atom. The molecule has 5 nitrogen and oxygen atoms in total. The van der Waals surface area contributed by atoms with Crippen LogP contribution in [0, 0.1) is 0 Å². The van der Waals surface area contributed by atoms with E-state index in [0.29, 0.717) is 13.0 Å². The van der Waals surface area contributed by atoms with Gasteiger partial charge in [0.2, 0.25) is 0 Å². The first-order valence-corrected chi connectivity index (χ1v) is 24.1. The highest BCUT2D eigenvalue weighted by molar-refractivity contribution is 5.69. The molecule has 0 aliphatic rings. The quantitative estimate of drug-likeness (QED) is 0.0380. The Morgan fingerprint density at radius 2 is 0.800 bits per heavy atom. The van der Waals surface area contributed by atoms with Crippen LogP contribution in [0.15, 0.2) is 48.6 Å². The van der Waals surface area contributed by atoms with Gasteiger partial charge in [-0.05, 0) is 103 Å². The summed E-state index contributed by atoms with van der Waals surface area (Å²) in [7, 11) is 0. The Balaban J connectivity index is 3.92. The number of nitrogens with zero attached hydrogens (tertiary/aromatic N) is 2. The molecule has 0 rings (SSSR count). The number of allylic oxidation sites excluding steroid dienone is 6. The summed E-state index contributed by atoms with van der Waals surface area (Å²) >= 11 is 0. The third kappa shape index (κ3) is 43.3. The van der Waals surface area contributed by atoms with E-state index in [4.69, 9.17) is 10.5 Å². The molecule has 0 spiro atoms. The minimum atomic E-state index is -0.0219. The first-order valence-electron chi connectivity index (χ1n) is 24.1. The molecule has 0 fully saturated rings. The number of hydrogen-bond donors (Lipinski definition) is 1. The molecular weight excluding hydrogens is 675 g/mol. The second kappa shape index (κ2) is 46.7. The van der Waals surface area contributed by atoms with Gasteiger partial charge in [0.05, 0.1) is 0 Å². The normalized spacial score (nSPS) is 12.3. The summed E-state index contributed by atoms with van der Waals surface area (Å²) in [6.45, 7) is 14.4. The van der Waals surface area contributed by atoms with Crippen molar-refractivity contribution in [3.63, 3.8) is 0 Å². The molecule has 0 radical (unpaired) electrons. The number of carbonyl (C=O) groups is 1. The van der Waals surface area contributed by atoms with Crippen molar-refractivity contribution < 1.29 is 9.53 Å². The highest BCUT2D eigenvalue weighted by atomic mass is 16.5. The van der Waals surface area contributed by atoms with Crippen LogP contribution in [-0.4, -0.2) is 68.2 Å². The molecule has 0 aromatic rings. The van der Waals surface area contributed by atoms with Crippen LogP contribution in [0.3, 0.4) is 0 Å². The Hall–Kier alpha value is -1.69. The summed E-state index contributed by atoms with van der Waals surface area (Å²) in [5, 5.41) is 0. The van der Waals surface area contributed by atoms with E-state index in [2.05, 4.69) is 79.2 Å². The van der Waals surface area contributed by atoms with Crippen LogP contribution in [0.25, 0.3) is 0 Å². The highest BCUT2D eigenvalue weighted by Crippen LogP contribution is 2.12. The second-order valence-corrected chi connectivity index (χ2v) is 16.0. The van der Waals surface area contributed by atoms with Crippen molar-refractivity contribution in [3.05, 3.63) is 48.6 Å². The first-order chi connectivity index (χ1) is 27.2. The average Bonchev–Trinajstić information content (AvgIpc) is 3.18. The van der Waals surface area contributed by atoms with Crippen molar-refractivity contribution in [2.24, 2.45) is 5.73 Å². The molecule has 0 atom stereocenters. The predicted molar refractivity (Wildman–Crippen MR) is 245 cm³/mol. The van der Waals surface area contributed by atoms with Gasteiger partial charge in [0.1, 0.15) is 6.61 Å². The predicted octanol–water partition coefficient (Wildman–Crippen LogP) is 14.1. The average molecular weight is 770 g/mol. The SMILES string of the molecule is CCCCC/C=C\C/C=C\CCCCCCCCN(CCN)CCCCCCCCCC(=O)OCCN(CC/C=C\CCCCC)CC/C=C\CCCCC. The zero-order chi connectivity index (χ0) is 40.0. The number of hydrogen-bond acceptors (Lipinski definition) is 5. The summed E-state index contributed by atoms with van der Waals surface area (Å²) in [6, 6.07) is 0. The van der Waals surface area contributed by atoms with Gasteiger partial charge in [-0.1, -0.05) is 166 Å². The van der Waals surface area contributed by atoms with Gasteiger partial charge >= 0.3 is 5.97 Å². The van der Waals surface area contributed by atoms with Crippen molar-refractivity contribution in [2.75, 3.05) is 52.4 Å². The molecule has 55 heavy (non-hydrogen) atoms. The maximum Gasteiger partial charge on any atom is 0.305 e. The first kappa shape index (κ1) is 53.3. The number of ether oxygens (including phenoxy) is 1. The van der Waals surface area contributed by atoms with Crippen molar-refractivity contribution in [2.45, 2.75) is 213 Å². The maximum atomic E-state index is 12.4. The maximum absolute atomic E-state index is 12.4. The van der Waals surface area contributed by atoms with Gasteiger partial charge in [-0.2, -0.15) is 0 Å². The molecule has 0 unspecified atom stereocenters. The highest BCUT2D eigenvalue weighted by Gasteiger charge is 2.08. The fraction of sp³-hybridized carbons (Fsp3) is 0.820. The molecule has 0 saturated heterocycles. The molecule has 5 heteroatoms. The lowest BCUT2D eigenvalue weighted by atomic mass is 10.1. The van der Waals surface area contributed by atoms with Crippen molar-refractivity contribution >= 4 is 5.97 Å². The van der Waals surface area contributed by atoms with E-state index in [1.807, 2.05) is 0 Å². The molecule has 0 aromatic heterocycles. The van der Waals surface area contributed by atoms with E-state index in [1.165, 1.54) is 167 Å². The van der Waals surface area contributed by atoms with E-state index in [9.17, 15) is 4.79 Å². The van der Waals surface area contributed by atoms with Gasteiger partial charge in [0, 0.05) is 39.1 Å². The lowest BCUT2D eigenvalue weighted by Gasteiger charge is -2.21. The third-order valence-corrected chi connectivity index (χ3v) is 10.7. The summed E-state index contributed by atoms with van der Waals surface area (Å²) < 4.78 is 5.67. The molecule has 2 N–H and O–H groups in total. The number of carbonyl (C=O) groups excluding carboxylic acids is 1. The van der Waals surface area contributed by atoms with Gasteiger partial charge in [-0.15, -0.1) is 0 Å². The van der Waals surface area contributed by atoms with Crippen LogP contribution in [0.4, 0.5) is 0 Å². The van der Waals surface area contributed by atoms with Crippen molar-refractivity contribution in [1.29, 1.82) is 0 Å². The fourth-order valence-electron chi connectivity index (χ4n) is 7.04. The number of esters is 1. The van der Waals surface area contributed by atoms with E-state index in [1.54, 1.807) is 0 Å². The largest absolute Gasteiger partial charge is 0.464 e. The molecule has 0 aliphatic carbocycles. The monoisotopic (exact) mass is 770 g/mol. The van der Waals surface area contributed by atoms with E-state index in [-0.39, 0.29) is 5.97 Å². The molecular formula is C50H95N3O2. The zero-order valence-corrected chi connectivity index (χ0v) is 37.3. The molecule has 0 amide bonds. The van der Waals surface area contributed by atoms with E-state index >= 15 is 0 Å². The van der Waals surface area contributed by atoms with Gasteiger partial charge in [0.25, 0.3) is 0 Å². The van der Waals surface area contributed by atoms with Crippen LogP contribution in [0.2, 0.25) is 0 Å². The van der Waals surface area contributed by atoms with Crippen LogP contribution in [0.5, 0.6) is 0 Å². The van der Waals surface area contributed by atoms with Gasteiger partial charge < -0.3 is 15.4 Å². The molecule has 322 valence electrons. The van der Waals surface area contributed by atoms with Crippen LogP contribution < -0.4 is 5.73 Å². The Bertz CT molecular complexity index is 858. The van der Waals surface area contributed by atoms with Crippen molar-refractivity contribution in [3.8, 4) is 0 Å². The lowest BCUT2D eigenvalue weighted by molar-refractivity contribution is -0.144. The third-order valence-electron chi connectivity index (χ3n) is 10.7. The van der Waals surface area contributed by atoms with Gasteiger partial charge in [-0.3, -0.25) is 9.69 Å². The van der Waals surface area contributed by atoms with E-state index in [0.717, 1.165) is 64.8 Å². The van der Waals surface area contributed by atoms with E-state index < -0.39 is 0 Å². The second-order valence-electron chi connectivity index (χ2n) is 16.0. The van der Waals surface area contributed by atoms with Gasteiger partial charge in [-0.25, -0.2) is 0 Å². The summed E-state index contributed by atoms with van der Waals surface area (Å²) in [4.78, 5) is 17.5. The summed E-state index contributed by atoms with van der Waals surface area (Å²) in [6.07, 6.45) is 55.7. The Kier molecular flexibility index (Phi) is 45.3. The molecule has 0 heterocycles. The zero-order valence-electron chi connectivity index (χ0n) is 37.3. The topological polar surface area (TPSA) is 58.8 Å². The Morgan fingerprint density at radius 3 is 1.27 bits per heavy atom. The minimum absolute atomic E-state index is 0.0219. The van der Waals surface area contributed by atoms with Crippen LogP contribution >= 0.6 is 0 Å². The fourth-order valence-corrected chi connectivity index (χ4v) is 7.04. The summed E-state index contributed by atoms with van der Waals surface area (Å²) in [5.41, 5.74) is 5.94. The smallest absolute Gasteiger partial charge is 0.305 e. The van der Waals surface area contributed by atoms with Crippen molar-refractivity contribution in [1.82, 2.24) is 9.80 Å². The lowest BCUT2D eigenvalue weighted by Crippen LogP contribution is -2.31. The van der Waals surface area contributed by atoms with Crippen LogP contribution in [-0.2, 0) is 9.53 Å². The minimum Gasteiger partial charge on any atom is -0.464 e. The number of unbranched alkanes of at least 4 members (excludes halogenated alkanes) is 21.